The van der Waals surface area contributed by atoms with Gasteiger partial charge in [0, 0.05) is 26.8 Å². The SMILES string of the molecule is Cc1sc2c(c1-c1ccc(C(C)(C)C)cc1)C(=O)C(C)C2. The molecule has 1 aromatic carbocycles. The first kappa shape index (κ1) is 14.5. The van der Waals surface area contributed by atoms with E-state index in [9.17, 15) is 4.79 Å². The number of Topliss-reactive ketones (excluding diaryl/α,β-unsaturated/α-hetero) is 1. The number of ketones is 1. The minimum Gasteiger partial charge on any atom is -0.294 e. The van der Waals surface area contributed by atoms with Crippen LogP contribution >= 0.6 is 11.3 Å². The number of hydrogen-bond acceptors (Lipinski definition) is 2. The van der Waals surface area contributed by atoms with Gasteiger partial charge in [0.25, 0.3) is 0 Å². The maximum atomic E-state index is 12.4. The average Bonchev–Trinajstić information content (AvgIpc) is 2.85. The van der Waals surface area contributed by atoms with E-state index in [4.69, 9.17) is 0 Å². The topological polar surface area (TPSA) is 17.1 Å². The van der Waals surface area contributed by atoms with Crippen molar-refractivity contribution in [2.24, 2.45) is 5.92 Å². The first-order chi connectivity index (χ1) is 9.79. The Kier molecular flexibility index (Phi) is 3.32. The van der Waals surface area contributed by atoms with E-state index in [2.05, 4.69) is 52.0 Å². The molecule has 0 aliphatic heterocycles. The van der Waals surface area contributed by atoms with Gasteiger partial charge in [-0.1, -0.05) is 52.0 Å². The van der Waals surface area contributed by atoms with Crippen molar-refractivity contribution in [2.75, 3.05) is 0 Å². The van der Waals surface area contributed by atoms with Gasteiger partial charge in [0.05, 0.1) is 0 Å². The molecule has 0 amide bonds. The maximum Gasteiger partial charge on any atom is 0.167 e. The molecule has 1 unspecified atom stereocenters. The summed E-state index contributed by atoms with van der Waals surface area (Å²) in [6.45, 7) is 10.8. The quantitative estimate of drug-likeness (QED) is 0.689. The van der Waals surface area contributed by atoms with Crippen LogP contribution in [0.5, 0.6) is 0 Å². The van der Waals surface area contributed by atoms with E-state index in [-0.39, 0.29) is 11.3 Å². The summed E-state index contributed by atoms with van der Waals surface area (Å²) in [6, 6.07) is 8.74. The number of aryl methyl sites for hydroxylation is 1. The molecule has 0 saturated heterocycles. The molecule has 1 heterocycles. The summed E-state index contributed by atoms with van der Waals surface area (Å²) >= 11 is 1.79. The van der Waals surface area contributed by atoms with Gasteiger partial charge in [-0.2, -0.15) is 0 Å². The van der Waals surface area contributed by atoms with Crippen LogP contribution in [0.1, 0.15) is 53.4 Å². The van der Waals surface area contributed by atoms with Crippen LogP contribution in [-0.4, -0.2) is 5.78 Å². The summed E-state index contributed by atoms with van der Waals surface area (Å²) in [5.74, 6) is 0.476. The summed E-state index contributed by atoms with van der Waals surface area (Å²) < 4.78 is 0. The van der Waals surface area contributed by atoms with Crippen LogP contribution in [0.2, 0.25) is 0 Å². The van der Waals surface area contributed by atoms with Crippen molar-refractivity contribution >= 4 is 17.1 Å². The van der Waals surface area contributed by atoms with Crippen LogP contribution in [0.4, 0.5) is 0 Å². The molecule has 1 aromatic heterocycles. The molecule has 0 spiro atoms. The van der Waals surface area contributed by atoms with Crippen LogP contribution in [0.25, 0.3) is 11.1 Å². The molecule has 110 valence electrons. The smallest absolute Gasteiger partial charge is 0.167 e. The Morgan fingerprint density at radius 2 is 1.71 bits per heavy atom. The second kappa shape index (κ2) is 4.81. The Bertz CT molecular complexity index is 698. The first-order valence-electron chi connectivity index (χ1n) is 7.56. The molecule has 3 rings (SSSR count). The molecule has 0 bridgehead atoms. The number of carbonyl (C=O) groups is 1. The molecular weight excluding hydrogens is 276 g/mol. The summed E-state index contributed by atoms with van der Waals surface area (Å²) in [6.07, 6.45) is 0.916. The van der Waals surface area contributed by atoms with Crippen molar-refractivity contribution in [1.82, 2.24) is 0 Å². The highest BCUT2D eigenvalue weighted by Gasteiger charge is 2.33. The third-order valence-corrected chi connectivity index (χ3v) is 5.51. The minimum absolute atomic E-state index is 0.152. The van der Waals surface area contributed by atoms with Crippen molar-refractivity contribution in [3.05, 3.63) is 45.1 Å². The van der Waals surface area contributed by atoms with Gasteiger partial charge in [-0.3, -0.25) is 4.79 Å². The highest BCUT2D eigenvalue weighted by Crippen LogP contribution is 2.43. The fraction of sp³-hybridized carbons (Fsp3) is 0.421. The lowest BCUT2D eigenvalue weighted by atomic mass is 9.86. The van der Waals surface area contributed by atoms with E-state index in [1.54, 1.807) is 11.3 Å². The van der Waals surface area contributed by atoms with Crippen LogP contribution in [0.3, 0.4) is 0 Å². The monoisotopic (exact) mass is 298 g/mol. The largest absolute Gasteiger partial charge is 0.294 e. The van der Waals surface area contributed by atoms with E-state index in [1.165, 1.54) is 26.4 Å². The zero-order valence-electron chi connectivity index (χ0n) is 13.4. The van der Waals surface area contributed by atoms with E-state index < -0.39 is 0 Å². The molecule has 2 aromatic rings. The van der Waals surface area contributed by atoms with Crippen molar-refractivity contribution in [3.63, 3.8) is 0 Å². The van der Waals surface area contributed by atoms with E-state index >= 15 is 0 Å². The number of hydrogen-bond donors (Lipinski definition) is 0. The van der Waals surface area contributed by atoms with Crippen molar-refractivity contribution in [3.8, 4) is 11.1 Å². The second-order valence-electron chi connectivity index (χ2n) is 7.13. The van der Waals surface area contributed by atoms with Gasteiger partial charge in [0.1, 0.15) is 0 Å². The molecule has 21 heavy (non-hydrogen) atoms. The van der Waals surface area contributed by atoms with E-state index in [0.29, 0.717) is 5.78 Å². The summed E-state index contributed by atoms with van der Waals surface area (Å²) in [5.41, 5.74) is 4.84. The fourth-order valence-electron chi connectivity index (χ4n) is 3.11. The van der Waals surface area contributed by atoms with Crippen LogP contribution in [-0.2, 0) is 11.8 Å². The Morgan fingerprint density at radius 1 is 1.10 bits per heavy atom. The van der Waals surface area contributed by atoms with Gasteiger partial charge < -0.3 is 0 Å². The Morgan fingerprint density at radius 3 is 2.29 bits per heavy atom. The normalized spacial score (nSPS) is 18.1. The molecule has 0 fully saturated rings. The fourth-order valence-corrected chi connectivity index (χ4v) is 4.44. The predicted molar refractivity (Wildman–Crippen MR) is 90.4 cm³/mol. The van der Waals surface area contributed by atoms with Crippen LogP contribution in [0, 0.1) is 12.8 Å². The van der Waals surface area contributed by atoms with E-state index in [0.717, 1.165) is 12.0 Å². The van der Waals surface area contributed by atoms with Crippen molar-refractivity contribution < 1.29 is 4.79 Å². The molecule has 0 radical (unpaired) electrons. The highest BCUT2D eigenvalue weighted by atomic mass is 32.1. The van der Waals surface area contributed by atoms with Gasteiger partial charge in [0.2, 0.25) is 0 Å². The maximum absolute atomic E-state index is 12.4. The minimum atomic E-state index is 0.152. The van der Waals surface area contributed by atoms with E-state index in [1.807, 2.05) is 6.92 Å². The Balaban J connectivity index is 2.09. The zero-order valence-corrected chi connectivity index (χ0v) is 14.2. The van der Waals surface area contributed by atoms with Gasteiger partial charge in [-0.15, -0.1) is 11.3 Å². The second-order valence-corrected chi connectivity index (χ2v) is 8.44. The van der Waals surface area contributed by atoms with Crippen molar-refractivity contribution in [1.29, 1.82) is 0 Å². The van der Waals surface area contributed by atoms with Crippen LogP contribution in [0.15, 0.2) is 24.3 Å². The molecule has 0 saturated carbocycles. The average molecular weight is 298 g/mol. The third kappa shape index (κ3) is 2.36. The number of thiophene rings is 1. The van der Waals surface area contributed by atoms with Gasteiger partial charge in [-0.05, 0) is 29.9 Å². The van der Waals surface area contributed by atoms with Crippen molar-refractivity contribution in [2.45, 2.75) is 46.5 Å². The lowest BCUT2D eigenvalue weighted by Crippen LogP contribution is -2.10. The molecular formula is C19H22OS. The molecule has 2 heteroatoms. The van der Waals surface area contributed by atoms with Crippen LogP contribution < -0.4 is 0 Å². The molecule has 0 N–H and O–H groups in total. The molecule has 1 nitrogen and oxygen atoms in total. The number of benzene rings is 1. The van der Waals surface area contributed by atoms with Gasteiger partial charge in [-0.25, -0.2) is 0 Å². The Hall–Kier alpha value is -1.41. The summed E-state index contributed by atoms with van der Waals surface area (Å²) in [5, 5.41) is 0. The number of carbonyl (C=O) groups excluding carboxylic acids is 1. The summed E-state index contributed by atoms with van der Waals surface area (Å²) in [4.78, 5) is 15.0. The standard InChI is InChI=1S/C19H22OS/c1-11-10-15-17(18(11)20)16(12(2)21-15)13-6-8-14(9-7-13)19(3,4)5/h6-9,11H,10H2,1-5H3. The molecule has 1 aliphatic carbocycles. The molecule has 1 atom stereocenters. The number of rotatable bonds is 1. The molecule has 1 aliphatic rings. The highest BCUT2D eigenvalue weighted by molar-refractivity contribution is 7.13. The number of fused-ring (bicyclic) bond motifs is 1. The van der Waals surface area contributed by atoms with Gasteiger partial charge >= 0.3 is 0 Å². The lowest BCUT2D eigenvalue weighted by molar-refractivity contribution is 0.0947. The first-order valence-corrected chi connectivity index (χ1v) is 8.38. The van der Waals surface area contributed by atoms with Gasteiger partial charge in [0.15, 0.2) is 5.78 Å². The predicted octanol–water partition coefficient (Wildman–Crippen LogP) is 5.40. The lowest BCUT2D eigenvalue weighted by Gasteiger charge is -2.19. The Labute approximate surface area is 131 Å². The summed E-state index contributed by atoms with van der Waals surface area (Å²) in [7, 11) is 0. The zero-order chi connectivity index (χ0) is 15.4. The third-order valence-electron chi connectivity index (χ3n) is 4.38.